The molecule has 1 saturated heterocycles. The van der Waals surface area contributed by atoms with E-state index in [-0.39, 0.29) is 17.8 Å². The Kier molecular flexibility index (Phi) is 10.2. The molecule has 0 saturated carbocycles. The standard InChI is InChI=1S/C26H34ClFN4O4/c1-35-24-15-22(27)23(29)14-21(24)25(33)31-16-18-8-11-32(12-9-18)13-10-20(36-26(30)34)7-4-17-2-5-19(28)6-3-17/h2-3,5-6,14-15,18,20H,4,7-13,16,29H2,1H3,(H2,30,34)(H,31,33). The van der Waals surface area contributed by atoms with Crippen LogP contribution in [0.5, 0.6) is 5.75 Å². The zero-order chi connectivity index (χ0) is 26.1. The third-order valence-electron chi connectivity index (χ3n) is 6.54. The van der Waals surface area contributed by atoms with E-state index in [4.69, 9.17) is 32.5 Å². The van der Waals surface area contributed by atoms with Crippen molar-refractivity contribution in [3.63, 3.8) is 0 Å². The number of likely N-dealkylation sites (tertiary alicyclic amines) is 1. The Morgan fingerprint density at radius 2 is 1.89 bits per heavy atom. The Hall–Kier alpha value is -3.04. The van der Waals surface area contributed by atoms with E-state index in [9.17, 15) is 14.0 Å². The third-order valence-corrected chi connectivity index (χ3v) is 6.87. The van der Waals surface area contributed by atoms with Gasteiger partial charge in [-0.15, -0.1) is 0 Å². The molecular weight excluding hydrogens is 487 g/mol. The molecule has 8 nitrogen and oxygen atoms in total. The summed E-state index contributed by atoms with van der Waals surface area (Å²) in [6, 6.07) is 9.38. The smallest absolute Gasteiger partial charge is 0.404 e. The molecule has 1 aliphatic rings. The van der Waals surface area contributed by atoms with E-state index >= 15 is 0 Å². The van der Waals surface area contributed by atoms with E-state index < -0.39 is 6.09 Å². The molecule has 0 aromatic heterocycles. The summed E-state index contributed by atoms with van der Waals surface area (Å²) in [5.41, 5.74) is 12.8. The van der Waals surface area contributed by atoms with Crippen molar-refractivity contribution >= 4 is 29.3 Å². The van der Waals surface area contributed by atoms with Gasteiger partial charge in [0.2, 0.25) is 0 Å². The second-order valence-electron chi connectivity index (χ2n) is 9.08. The van der Waals surface area contributed by atoms with Crippen molar-refractivity contribution in [2.45, 2.75) is 38.2 Å². The number of amides is 2. The van der Waals surface area contributed by atoms with Crippen LogP contribution in [-0.4, -0.2) is 56.3 Å². The Morgan fingerprint density at radius 3 is 2.53 bits per heavy atom. The number of hydrogen-bond acceptors (Lipinski definition) is 6. The summed E-state index contributed by atoms with van der Waals surface area (Å²) < 4.78 is 23.7. The predicted octanol–water partition coefficient (Wildman–Crippen LogP) is 4.00. The van der Waals surface area contributed by atoms with Gasteiger partial charge in [0.15, 0.2) is 0 Å². The molecule has 1 fully saturated rings. The molecule has 2 aromatic carbocycles. The van der Waals surface area contributed by atoms with Crippen molar-refractivity contribution < 1.29 is 23.5 Å². The topological polar surface area (TPSA) is 120 Å². The maximum Gasteiger partial charge on any atom is 0.404 e. The van der Waals surface area contributed by atoms with Crippen LogP contribution in [-0.2, 0) is 11.2 Å². The number of carbonyl (C=O) groups excluding carboxylic acids is 2. The molecule has 1 heterocycles. The highest BCUT2D eigenvalue weighted by Gasteiger charge is 2.23. The number of hydrogen-bond donors (Lipinski definition) is 3. The van der Waals surface area contributed by atoms with Crippen LogP contribution < -0.4 is 21.5 Å². The van der Waals surface area contributed by atoms with Crippen molar-refractivity contribution in [1.29, 1.82) is 0 Å². The Labute approximate surface area is 216 Å². The van der Waals surface area contributed by atoms with Crippen LogP contribution in [0.15, 0.2) is 36.4 Å². The summed E-state index contributed by atoms with van der Waals surface area (Å²) in [5, 5.41) is 3.32. The SMILES string of the molecule is COc1cc(Cl)c(N)cc1C(=O)NCC1CCN(CCC(CCc2ccc(F)cc2)OC(N)=O)CC1. The lowest BCUT2D eigenvalue weighted by Gasteiger charge is -2.32. The second kappa shape index (κ2) is 13.3. The highest BCUT2D eigenvalue weighted by Crippen LogP contribution is 2.29. The summed E-state index contributed by atoms with van der Waals surface area (Å²) in [4.78, 5) is 26.3. The van der Waals surface area contributed by atoms with E-state index in [1.807, 2.05) is 0 Å². The largest absolute Gasteiger partial charge is 0.496 e. The van der Waals surface area contributed by atoms with Crippen LogP contribution in [0, 0.1) is 11.7 Å². The zero-order valence-corrected chi connectivity index (χ0v) is 21.2. The highest BCUT2D eigenvalue weighted by molar-refractivity contribution is 6.33. The van der Waals surface area contributed by atoms with Gasteiger partial charge >= 0.3 is 6.09 Å². The molecule has 1 unspecified atom stereocenters. The van der Waals surface area contributed by atoms with Crippen molar-refractivity contribution in [3.05, 3.63) is 58.4 Å². The van der Waals surface area contributed by atoms with Gasteiger partial charge in [0.25, 0.3) is 5.91 Å². The average molecular weight is 521 g/mol. The first-order valence-electron chi connectivity index (χ1n) is 12.1. The van der Waals surface area contributed by atoms with Gasteiger partial charge in [0, 0.05) is 19.2 Å². The van der Waals surface area contributed by atoms with Gasteiger partial charge < -0.3 is 31.2 Å². The van der Waals surface area contributed by atoms with E-state index in [1.54, 1.807) is 18.2 Å². The van der Waals surface area contributed by atoms with Gasteiger partial charge in [-0.3, -0.25) is 4.79 Å². The first kappa shape index (κ1) is 27.5. The number of nitrogens with one attached hydrogen (secondary N) is 1. The molecule has 3 rings (SSSR count). The summed E-state index contributed by atoms with van der Waals surface area (Å²) in [6.45, 7) is 3.11. The molecule has 0 radical (unpaired) electrons. The van der Waals surface area contributed by atoms with Gasteiger partial charge in [0.05, 0.1) is 23.4 Å². The number of anilines is 1. The first-order valence-corrected chi connectivity index (χ1v) is 12.5. The van der Waals surface area contributed by atoms with Crippen LogP contribution in [0.25, 0.3) is 0 Å². The number of methoxy groups -OCH3 is 1. The van der Waals surface area contributed by atoms with Crippen LogP contribution in [0.4, 0.5) is 14.9 Å². The van der Waals surface area contributed by atoms with Crippen LogP contribution >= 0.6 is 11.6 Å². The Morgan fingerprint density at radius 1 is 1.19 bits per heavy atom. The maximum absolute atomic E-state index is 13.1. The van der Waals surface area contributed by atoms with Gasteiger partial charge in [0.1, 0.15) is 17.7 Å². The Bertz CT molecular complexity index is 1030. The number of nitrogens with two attached hydrogens (primary N) is 2. The highest BCUT2D eigenvalue weighted by atomic mass is 35.5. The molecule has 2 amide bonds. The predicted molar refractivity (Wildman–Crippen MR) is 138 cm³/mol. The molecule has 0 bridgehead atoms. The number of carbonyl (C=O) groups is 2. The minimum absolute atomic E-state index is 0.245. The minimum Gasteiger partial charge on any atom is -0.496 e. The monoisotopic (exact) mass is 520 g/mol. The van der Waals surface area contributed by atoms with Crippen LogP contribution in [0.1, 0.15) is 41.6 Å². The molecule has 196 valence electrons. The second-order valence-corrected chi connectivity index (χ2v) is 9.49. The summed E-state index contributed by atoms with van der Waals surface area (Å²) in [6.07, 6.45) is 2.76. The van der Waals surface area contributed by atoms with Gasteiger partial charge in [-0.25, -0.2) is 9.18 Å². The molecule has 1 aliphatic heterocycles. The van der Waals surface area contributed by atoms with Gasteiger partial charge in [-0.2, -0.15) is 0 Å². The quantitative estimate of drug-likeness (QED) is 0.385. The van der Waals surface area contributed by atoms with Crippen LogP contribution in [0.3, 0.4) is 0 Å². The number of benzene rings is 2. The minimum atomic E-state index is -0.785. The first-order chi connectivity index (χ1) is 17.2. The molecule has 36 heavy (non-hydrogen) atoms. The molecule has 1 atom stereocenters. The average Bonchev–Trinajstić information content (AvgIpc) is 2.86. The van der Waals surface area contributed by atoms with Gasteiger partial charge in [-0.05, 0) is 74.9 Å². The van der Waals surface area contributed by atoms with Crippen molar-refractivity contribution in [3.8, 4) is 5.75 Å². The zero-order valence-electron chi connectivity index (χ0n) is 20.5. The number of primary amides is 1. The fourth-order valence-electron chi connectivity index (χ4n) is 4.40. The number of piperidine rings is 1. The van der Waals surface area contributed by atoms with E-state index in [1.165, 1.54) is 25.3 Å². The molecular formula is C26H34ClFN4O4. The molecule has 10 heteroatoms. The summed E-state index contributed by atoms with van der Waals surface area (Å²) >= 11 is 6.02. The molecule has 5 N–H and O–H groups in total. The lowest BCUT2D eigenvalue weighted by Crippen LogP contribution is -2.40. The number of nitrogens with zero attached hydrogens (tertiary/aromatic N) is 1. The molecule has 0 aliphatic carbocycles. The van der Waals surface area contributed by atoms with Crippen molar-refractivity contribution in [2.24, 2.45) is 11.7 Å². The lowest BCUT2D eigenvalue weighted by atomic mass is 9.96. The maximum atomic E-state index is 13.1. The number of aryl methyl sites for hydroxylation is 1. The lowest BCUT2D eigenvalue weighted by molar-refractivity contribution is 0.0802. The fourth-order valence-corrected chi connectivity index (χ4v) is 4.55. The van der Waals surface area contributed by atoms with E-state index in [2.05, 4.69) is 10.2 Å². The number of ether oxygens (including phenoxy) is 2. The Balaban J connectivity index is 1.41. The number of halogens is 2. The summed E-state index contributed by atoms with van der Waals surface area (Å²) in [5.74, 6) is 0.219. The number of rotatable bonds is 11. The van der Waals surface area contributed by atoms with Gasteiger partial charge in [-0.1, -0.05) is 23.7 Å². The fraction of sp³-hybridized carbons (Fsp3) is 0.462. The van der Waals surface area contributed by atoms with E-state index in [0.717, 1.165) is 38.0 Å². The van der Waals surface area contributed by atoms with E-state index in [0.29, 0.717) is 53.7 Å². The normalized spacial score (nSPS) is 15.3. The third kappa shape index (κ3) is 8.27. The molecule has 2 aromatic rings. The summed E-state index contributed by atoms with van der Waals surface area (Å²) in [7, 11) is 1.48. The molecule has 0 spiro atoms. The van der Waals surface area contributed by atoms with Crippen LogP contribution in [0.2, 0.25) is 5.02 Å². The van der Waals surface area contributed by atoms with Crippen molar-refractivity contribution in [2.75, 3.05) is 39.0 Å². The van der Waals surface area contributed by atoms with Crippen molar-refractivity contribution in [1.82, 2.24) is 10.2 Å². The number of nitrogen functional groups attached to an aromatic ring is 1.